The minimum Gasteiger partial charge on any atom is -0.207 e. The van der Waals surface area contributed by atoms with E-state index in [0.29, 0.717) is 4.31 Å². The van der Waals surface area contributed by atoms with Gasteiger partial charge in [-0.2, -0.15) is 22.7 Å². The van der Waals surface area contributed by atoms with Crippen LogP contribution < -0.4 is 0 Å². The van der Waals surface area contributed by atoms with Crippen molar-refractivity contribution in [1.82, 2.24) is 4.31 Å². The maximum Gasteiger partial charge on any atom is 0.402 e. The van der Waals surface area contributed by atoms with Crippen LogP contribution in [0, 0.1) is 11.3 Å². The molecule has 0 aliphatic heterocycles. The molecule has 0 heterocycles. The van der Waals surface area contributed by atoms with Crippen LogP contribution in [0.3, 0.4) is 0 Å². The third-order valence-electron chi connectivity index (χ3n) is 2.33. The van der Waals surface area contributed by atoms with E-state index < -0.39 is 27.6 Å². The Bertz CT molecular complexity index is 591. The molecule has 104 valence electrons. The van der Waals surface area contributed by atoms with E-state index in [1.165, 1.54) is 25.1 Å². The summed E-state index contributed by atoms with van der Waals surface area (Å²) in [6.07, 6.45) is -4.63. The van der Waals surface area contributed by atoms with Crippen LogP contribution in [0.2, 0.25) is 0 Å². The molecule has 0 aromatic heterocycles. The first-order chi connectivity index (χ1) is 8.72. The summed E-state index contributed by atoms with van der Waals surface area (Å²) in [6, 6.07) is 6.82. The first kappa shape index (κ1) is 15.5. The number of sulfonamides is 1. The highest BCUT2D eigenvalue weighted by molar-refractivity contribution is 7.89. The molecule has 0 aliphatic carbocycles. The van der Waals surface area contributed by atoms with Crippen LogP contribution in [0.1, 0.15) is 12.5 Å². The monoisotopic (exact) mass is 292 g/mol. The van der Waals surface area contributed by atoms with Crippen LogP contribution in [0.25, 0.3) is 0 Å². The maximum absolute atomic E-state index is 12.4. The number of alkyl halides is 3. The van der Waals surface area contributed by atoms with Gasteiger partial charge in [0, 0.05) is 6.54 Å². The molecule has 0 N–H and O–H groups in total. The molecule has 1 aromatic rings. The molecule has 0 saturated heterocycles. The van der Waals surface area contributed by atoms with E-state index in [0.717, 1.165) is 6.07 Å². The van der Waals surface area contributed by atoms with E-state index in [-0.39, 0.29) is 12.1 Å². The summed E-state index contributed by atoms with van der Waals surface area (Å²) in [7, 11) is -4.34. The normalized spacial score (nSPS) is 12.4. The fourth-order valence-electron chi connectivity index (χ4n) is 1.49. The highest BCUT2D eigenvalue weighted by Crippen LogP contribution is 2.24. The molecule has 0 radical (unpaired) electrons. The van der Waals surface area contributed by atoms with Gasteiger partial charge in [0.05, 0.1) is 10.5 Å². The molecule has 4 nitrogen and oxygen atoms in total. The number of hydrogen-bond donors (Lipinski definition) is 0. The molecule has 0 saturated carbocycles. The number of hydrogen-bond acceptors (Lipinski definition) is 3. The molecule has 1 rings (SSSR count). The second-order valence-corrected chi connectivity index (χ2v) is 5.56. The highest BCUT2D eigenvalue weighted by atomic mass is 32.2. The van der Waals surface area contributed by atoms with Gasteiger partial charge in [-0.1, -0.05) is 19.1 Å². The lowest BCUT2D eigenvalue weighted by molar-refractivity contribution is -0.135. The summed E-state index contributed by atoms with van der Waals surface area (Å²) >= 11 is 0. The largest absolute Gasteiger partial charge is 0.402 e. The molecule has 0 spiro atoms. The van der Waals surface area contributed by atoms with E-state index in [2.05, 4.69) is 0 Å². The second kappa shape index (κ2) is 5.59. The van der Waals surface area contributed by atoms with E-state index in [1.807, 2.05) is 0 Å². The van der Waals surface area contributed by atoms with Gasteiger partial charge < -0.3 is 0 Å². The summed E-state index contributed by atoms with van der Waals surface area (Å²) in [5.74, 6) is 0. The van der Waals surface area contributed by atoms with E-state index >= 15 is 0 Å². The van der Waals surface area contributed by atoms with Crippen LogP contribution in [0.4, 0.5) is 13.2 Å². The molecule has 0 fully saturated rings. The van der Waals surface area contributed by atoms with Crippen LogP contribution in [-0.4, -0.2) is 32.0 Å². The zero-order valence-electron chi connectivity index (χ0n) is 9.98. The number of benzene rings is 1. The SMILES string of the molecule is CCN(CC(F)(F)F)S(=O)(=O)c1ccccc1C#N. The van der Waals surface area contributed by atoms with Crippen LogP contribution >= 0.6 is 0 Å². The Morgan fingerprint density at radius 1 is 1.32 bits per heavy atom. The van der Waals surface area contributed by atoms with Gasteiger partial charge in [0.15, 0.2) is 0 Å². The number of nitriles is 1. The average Bonchev–Trinajstić information content (AvgIpc) is 2.34. The average molecular weight is 292 g/mol. The van der Waals surface area contributed by atoms with Crippen molar-refractivity contribution in [3.05, 3.63) is 29.8 Å². The van der Waals surface area contributed by atoms with Crippen molar-refractivity contribution in [3.63, 3.8) is 0 Å². The maximum atomic E-state index is 12.4. The first-order valence-electron chi connectivity index (χ1n) is 5.28. The molecule has 8 heteroatoms. The van der Waals surface area contributed by atoms with Gasteiger partial charge in [-0.25, -0.2) is 8.42 Å². The number of halogens is 3. The Labute approximate surface area is 109 Å². The zero-order valence-corrected chi connectivity index (χ0v) is 10.8. The zero-order chi connectivity index (χ0) is 14.7. The van der Waals surface area contributed by atoms with Gasteiger partial charge in [0.25, 0.3) is 0 Å². The lowest BCUT2D eigenvalue weighted by Crippen LogP contribution is -2.39. The predicted octanol–water partition coefficient (Wildman–Crippen LogP) is 2.13. The molecule has 0 unspecified atom stereocenters. The van der Waals surface area contributed by atoms with E-state index in [9.17, 15) is 21.6 Å². The minimum atomic E-state index is -4.63. The second-order valence-electron chi connectivity index (χ2n) is 3.65. The lowest BCUT2D eigenvalue weighted by atomic mass is 10.2. The summed E-state index contributed by atoms with van der Waals surface area (Å²) in [5.41, 5.74) is -0.178. The Kier molecular flexibility index (Phi) is 4.55. The van der Waals surface area contributed by atoms with Crippen LogP contribution in [0.15, 0.2) is 29.2 Å². The predicted molar refractivity (Wildman–Crippen MR) is 61.6 cm³/mol. The first-order valence-corrected chi connectivity index (χ1v) is 6.72. The van der Waals surface area contributed by atoms with Gasteiger partial charge in [-0.3, -0.25) is 0 Å². The fraction of sp³-hybridized carbons (Fsp3) is 0.364. The van der Waals surface area contributed by atoms with Crippen molar-refractivity contribution in [1.29, 1.82) is 5.26 Å². The molecular formula is C11H11F3N2O2S. The van der Waals surface area contributed by atoms with Crippen molar-refractivity contribution in [2.45, 2.75) is 18.0 Å². The summed E-state index contributed by atoms with van der Waals surface area (Å²) < 4.78 is 61.5. The van der Waals surface area contributed by atoms with Crippen LogP contribution in [0.5, 0.6) is 0 Å². The van der Waals surface area contributed by atoms with Gasteiger partial charge >= 0.3 is 6.18 Å². The van der Waals surface area contributed by atoms with Gasteiger partial charge in [-0.15, -0.1) is 0 Å². The molecule has 0 amide bonds. The molecule has 0 atom stereocenters. The van der Waals surface area contributed by atoms with Crippen molar-refractivity contribution in [3.8, 4) is 6.07 Å². The Morgan fingerprint density at radius 2 is 1.89 bits per heavy atom. The molecule has 0 bridgehead atoms. The van der Waals surface area contributed by atoms with Gasteiger partial charge in [0.1, 0.15) is 12.6 Å². The van der Waals surface area contributed by atoms with Crippen molar-refractivity contribution >= 4 is 10.0 Å². The highest BCUT2D eigenvalue weighted by Gasteiger charge is 2.36. The third-order valence-corrected chi connectivity index (χ3v) is 4.31. The third kappa shape index (κ3) is 3.68. The topological polar surface area (TPSA) is 61.2 Å². The molecule has 0 aliphatic rings. The molecule has 19 heavy (non-hydrogen) atoms. The molecular weight excluding hydrogens is 281 g/mol. The van der Waals surface area contributed by atoms with E-state index in [4.69, 9.17) is 5.26 Å². The summed E-state index contributed by atoms with van der Waals surface area (Å²) in [6.45, 7) is -0.606. The van der Waals surface area contributed by atoms with Crippen molar-refractivity contribution in [2.75, 3.05) is 13.1 Å². The standard InChI is InChI=1S/C11H11F3N2O2S/c1-2-16(8-11(12,13)14)19(17,18)10-6-4-3-5-9(10)7-15/h3-6H,2,8H2,1H3. The smallest absolute Gasteiger partial charge is 0.207 e. The van der Waals surface area contributed by atoms with Crippen molar-refractivity contribution in [2.24, 2.45) is 0 Å². The summed E-state index contributed by atoms with van der Waals surface area (Å²) in [4.78, 5) is -0.413. The van der Waals surface area contributed by atoms with Gasteiger partial charge in [-0.05, 0) is 12.1 Å². The Morgan fingerprint density at radius 3 is 2.37 bits per heavy atom. The fourth-order valence-corrected chi connectivity index (χ4v) is 3.07. The number of nitrogens with zero attached hydrogens (tertiary/aromatic N) is 2. The lowest BCUT2D eigenvalue weighted by Gasteiger charge is -2.22. The minimum absolute atomic E-state index is 0.178. The summed E-state index contributed by atoms with van der Waals surface area (Å²) in [5, 5.41) is 8.81. The van der Waals surface area contributed by atoms with Crippen molar-refractivity contribution < 1.29 is 21.6 Å². The quantitative estimate of drug-likeness (QED) is 0.854. The van der Waals surface area contributed by atoms with E-state index in [1.54, 1.807) is 6.07 Å². The molecule has 1 aromatic carbocycles. The van der Waals surface area contributed by atoms with Crippen LogP contribution in [-0.2, 0) is 10.0 Å². The Hall–Kier alpha value is -1.59. The number of rotatable bonds is 4. The Balaban J connectivity index is 3.26. The van der Waals surface area contributed by atoms with Gasteiger partial charge in [0.2, 0.25) is 10.0 Å².